The molecule has 0 saturated heterocycles. The van der Waals surface area contributed by atoms with Crippen molar-refractivity contribution >= 4 is 85.4 Å². The lowest BCUT2D eigenvalue weighted by Crippen LogP contribution is -2.14. The standard InChI is InChI=1S/C18H13I3N2O2/c1-2-25-17-14(20)8-11(9-15(17)21)7-12(10-22)18(24)23-16-6-4-3-5-13(16)19/h3-9H,2H2,1H3,(H,23,24)/b12-7+. The Morgan fingerprint density at radius 3 is 2.40 bits per heavy atom. The molecule has 0 saturated carbocycles. The average Bonchev–Trinajstić information content (AvgIpc) is 2.58. The van der Waals surface area contributed by atoms with Crippen LogP contribution in [0, 0.1) is 22.0 Å². The van der Waals surface area contributed by atoms with Crippen LogP contribution >= 0.6 is 67.8 Å². The Balaban J connectivity index is 2.30. The number of nitriles is 1. The number of halogens is 3. The Morgan fingerprint density at radius 2 is 1.84 bits per heavy atom. The summed E-state index contributed by atoms with van der Waals surface area (Å²) in [6.07, 6.45) is 1.59. The van der Waals surface area contributed by atoms with Crippen LogP contribution in [-0.4, -0.2) is 12.5 Å². The number of hydrogen-bond donors (Lipinski definition) is 1. The average molecular weight is 670 g/mol. The third kappa shape index (κ3) is 5.55. The van der Waals surface area contributed by atoms with Gasteiger partial charge in [0.25, 0.3) is 5.91 Å². The van der Waals surface area contributed by atoms with Gasteiger partial charge in [-0.1, -0.05) is 12.1 Å². The molecule has 2 rings (SSSR count). The minimum atomic E-state index is -0.425. The zero-order valence-electron chi connectivity index (χ0n) is 13.1. The molecular weight excluding hydrogens is 657 g/mol. The van der Waals surface area contributed by atoms with Crippen LogP contribution in [0.1, 0.15) is 12.5 Å². The molecule has 2 aromatic carbocycles. The quantitative estimate of drug-likeness (QED) is 0.262. The summed E-state index contributed by atoms with van der Waals surface area (Å²) in [6, 6.07) is 13.2. The van der Waals surface area contributed by atoms with Crippen LogP contribution in [0.5, 0.6) is 5.75 Å². The normalized spacial score (nSPS) is 10.9. The van der Waals surface area contributed by atoms with Crippen molar-refractivity contribution in [1.29, 1.82) is 5.26 Å². The van der Waals surface area contributed by atoms with Crippen molar-refractivity contribution < 1.29 is 9.53 Å². The van der Waals surface area contributed by atoms with Crippen LogP contribution in [0.3, 0.4) is 0 Å². The maximum atomic E-state index is 12.4. The maximum Gasteiger partial charge on any atom is 0.266 e. The molecule has 0 radical (unpaired) electrons. The van der Waals surface area contributed by atoms with Gasteiger partial charge in [-0.2, -0.15) is 5.26 Å². The van der Waals surface area contributed by atoms with Crippen molar-refractivity contribution in [2.45, 2.75) is 6.92 Å². The lowest BCUT2D eigenvalue weighted by molar-refractivity contribution is -0.112. The Morgan fingerprint density at radius 1 is 1.20 bits per heavy atom. The number of carbonyl (C=O) groups is 1. The predicted octanol–water partition coefficient (Wildman–Crippen LogP) is 5.44. The van der Waals surface area contributed by atoms with Crippen molar-refractivity contribution in [3.05, 3.63) is 58.2 Å². The largest absolute Gasteiger partial charge is 0.492 e. The zero-order chi connectivity index (χ0) is 18.4. The number of ether oxygens (including phenoxy) is 1. The molecule has 0 aliphatic rings. The summed E-state index contributed by atoms with van der Waals surface area (Å²) in [4.78, 5) is 12.4. The van der Waals surface area contributed by atoms with Gasteiger partial charge in [-0.15, -0.1) is 0 Å². The summed E-state index contributed by atoms with van der Waals surface area (Å²) in [7, 11) is 0. The third-order valence-corrected chi connectivity index (χ3v) is 5.65. The molecule has 0 aromatic heterocycles. The van der Waals surface area contributed by atoms with E-state index in [9.17, 15) is 10.1 Å². The smallest absolute Gasteiger partial charge is 0.266 e. The van der Waals surface area contributed by atoms with Crippen LogP contribution < -0.4 is 10.1 Å². The summed E-state index contributed by atoms with van der Waals surface area (Å²) < 4.78 is 8.40. The van der Waals surface area contributed by atoms with Crippen LogP contribution in [-0.2, 0) is 4.79 Å². The molecule has 0 heterocycles. The van der Waals surface area contributed by atoms with Gasteiger partial charge in [0.2, 0.25) is 0 Å². The first-order chi connectivity index (χ1) is 12.0. The number of carbonyl (C=O) groups excluding carboxylic acids is 1. The highest BCUT2D eigenvalue weighted by molar-refractivity contribution is 14.1. The second kappa shape index (κ2) is 9.72. The van der Waals surface area contributed by atoms with Gasteiger partial charge >= 0.3 is 0 Å². The number of benzene rings is 2. The molecule has 1 N–H and O–H groups in total. The second-order valence-corrected chi connectivity index (χ2v) is 8.34. The fourth-order valence-corrected chi connectivity index (χ4v) is 4.66. The van der Waals surface area contributed by atoms with E-state index in [1.807, 2.05) is 43.3 Å². The highest BCUT2D eigenvalue weighted by Crippen LogP contribution is 2.30. The lowest BCUT2D eigenvalue weighted by Gasteiger charge is -2.10. The third-order valence-electron chi connectivity index (χ3n) is 3.11. The fraction of sp³-hybridized carbons (Fsp3) is 0.111. The van der Waals surface area contributed by atoms with Gasteiger partial charge in [-0.05, 0) is 111 Å². The number of rotatable bonds is 5. The van der Waals surface area contributed by atoms with E-state index in [0.717, 1.165) is 22.0 Å². The summed E-state index contributed by atoms with van der Waals surface area (Å²) in [5, 5.41) is 12.1. The molecule has 128 valence electrons. The minimum Gasteiger partial charge on any atom is -0.492 e. The number of nitrogens with one attached hydrogen (secondary N) is 1. The van der Waals surface area contributed by atoms with Gasteiger partial charge in [0, 0.05) is 3.57 Å². The lowest BCUT2D eigenvalue weighted by atomic mass is 10.1. The molecule has 0 atom stereocenters. The van der Waals surface area contributed by atoms with Crippen molar-refractivity contribution in [3.8, 4) is 11.8 Å². The molecule has 25 heavy (non-hydrogen) atoms. The zero-order valence-corrected chi connectivity index (χ0v) is 19.6. The Kier molecular flexibility index (Phi) is 7.95. The molecule has 2 aromatic rings. The van der Waals surface area contributed by atoms with Crippen molar-refractivity contribution in [2.75, 3.05) is 11.9 Å². The van der Waals surface area contributed by atoms with Crippen LogP contribution in [0.15, 0.2) is 42.0 Å². The molecule has 0 spiro atoms. The van der Waals surface area contributed by atoms with E-state index in [-0.39, 0.29) is 5.57 Å². The van der Waals surface area contributed by atoms with E-state index >= 15 is 0 Å². The first kappa shape index (κ1) is 20.4. The number of nitrogens with zero attached hydrogens (tertiary/aromatic N) is 1. The molecule has 0 aliphatic carbocycles. The maximum absolute atomic E-state index is 12.4. The van der Waals surface area contributed by atoms with Gasteiger partial charge in [0.05, 0.1) is 19.4 Å². The van der Waals surface area contributed by atoms with E-state index < -0.39 is 5.91 Å². The van der Waals surface area contributed by atoms with Gasteiger partial charge in [0.1, 0.15) is 17.4 Å². The molecule has 0 bridgehead atoms. The van der Waals surface area contributed by atoms with Crippen LogP contribution in [0.25, 0.3) is 6.08 Å². The molecule has 4 nitrogen and oxygen atoms in total. The van der Waals surface area contributed by atoms with Crippen LogP contribution in [0.2, 0.25) is 0 Å². The van der Waals surface area contributed by atoms with Crippen molar-refractivity contribution in [2.24, 2.45) is 0 Å². The molecule has 0 unspecified atom stereocenters. The van der Waals surface area contributed by atoms with E-state index in [1.165, 1.54) is 0 Å². The SMILES string of the molecule is CCOc1c(I)cc(/C=C(\C#N)C(=O)Nc2ccccc2I)cc1I. The monoisotopic (exact) mass is 670 g/mol. The Bertz CT molecular complexity index is 850. The van der Waals surface area contributed by atoms with Crippen molar-refractivity contribution in [1.82, 2.24) is 0 Å². The van der Waals surface area contributed by atoms with E-state index in [0.29, 0.717) is 12.3 Å². The van der Waals surface area contributed by atoms with E-state index in [1.54, 1.807) is 12.1 Å². The fourth-order valence-electron chi connectivity index (χ4n) is 2.01. The Hall–Kier alpha value is -0.870. The van der Waals surface area contributed by atoms with E-state index in [2.05, 4.69) is 73.1 Å². The van der Waals surface area contributed by atoms with Gasteiger partial charge in [-0.3, -0.25) is 4.79 Å². The van der Waals surface area contributed by atoms with Gasteiger partial charge < -0.3 is 10.1 Å². The highest BCUT2D eigenvalue weighted by Gasteiger charge is 2.13. The first-order valence-electron chi connectivity index (χ1n) is 7.25. The number of para-hydroxylation sites is 1. The summed E-state index contributed by atoms with van der Waals surface area (Å²) in [6.45, 7) is 2.52. The second-order valence-electron chi connectivity index (χ2n) is 4.85. The number of anilines is 1. The number of hydrogen-bond acceptors (Lipinski definition) is 3. The van der Waals surface area contributed by atoms with Gasteiger partial charge in [-0.25, -0.2) is 0 Å². The van der Waals surface area contributed by atoms with Crippen molar-refractivity contribution in [3.63, 3.8) is 0 Å². The molecule has 1 amide bonds. The minimum absolute atomic E-state index is 0.0513. The topological polar surface area (TPSA) is 62.1 Å². The molecular formula is C18H13I3N2O2. The summed E-state index contributed by atoms with van der Waals surface area (Å²) in [5.41, 5.74) is 1.52. The van der Waals surface area contributed by atoms with Crippen LogP contribution in [0.4, 0.5) is 5.69 Å². The Labute approximate surface area is 187 Å². The van der Waals surface area contributed by atoms with E-state index in [4.69, 9.17) is 4.74 Å². The first-order valence-corrected chi connectivity index (χ1v) is 10.5. The molecule has 0 fully saturated rings. The molecule has 0 aliphatic heterocycles. The summed E-state index contributed by atoms with van der Waals surface area (Å²) >= 11 is 6.52. The highest BCUT2D eigenvalue weighted by atomic mass is 127. The summed E-state index contributed by atoms with van der Waals surface area (Å²) in [5.74, 6) is 0.396. The predicted molar refractivity (Wildman–Crippen MR) is 124 cm³/mol. The number of amides is 1. The van der Waals surface area contributed by atoms with Gasteiger partial charge in [0.15, 0.2) is 0 Å². The molecule has 7 heteroatoms.